The molecule has 2 heterocycles. The summed E-state index contributed by atoms with van der Waals surface area (Å²) in [6, 6.07) is 16.8. The second-order valence-electron chi connectivity index (χ2n) is 5.96. The van der Waals surface area contributed by atoms with Crippen molar-refractivity contribution in [3.05, 3.63) is 71.5 Å². The Morgan fingerprint density at radius 1 is 1.19 bits per heavy atom. The van der Waals surface area contributed by atoms with Crippen LogP contribution in [0.4, 0.5) is 5.95 Å². The van der Waals surface area contributed by atoms with Gasteiger partial charge in [-0.15, -0.1) is 0 Å². The van der Waals surface area contributed by atoms with Gasteiger partial charge in [0.1, 0.15) is 18.7 Å². The van der Waals surface area contributed by atoms with Gasteiger partial charge in [-0.1, -0.05) is 24.3 Å². The molecule has 0 saturated carbocycles. The van der Waals surface area contributed by atoms with Gasteiger partial charge in [0.25, 0.3) is 0 Å². The minimum atomic E-state index is -0.172. The smallest absolute Gasteiger partial charge is 0.229 e. The van der Waals surface area contributed by atoms with Crippen LogP contribution >= 0.6 is 0 Å². The highest BCUT2D eigenvalue weighted by Crippen LogP contribution is 2.29. The molecule has 3 aromatic rings. The molecule has 4 rings (SSSR count). The maximum atomic E-state index is 11.8. The zero-order valence-corrected chi connectivity index (χ0v) is 13.8. The van der Waals surface area contributed by atoms with Crippen LogP contribution in [0, 0.1) is 11.3 Å². The standard InChI is InChI=1S/C19H15N5O2/c20-10-13-1-3-14(4-2-13)11-26-16-7-5-15(6-8-16)17-9-18(25)23-19-21-12-22-24(17)19/h1-8,12,17H,9,11H2,(H,21,22,23,25)/t17-/m0/s1. The number of aromatic nitrogens is 3. The Morgan fingerprint density at radius 2 is 1.96 bits per heavy atom. The molecule has 1 aliphatic heterocycles. The maximum Gasteiger partial charge on any atom is 0.229 e. The van der Waals surface area contributed by atoms with E-state index < -0.39 is 0 Å². The number of ether oxygens (including phenoxy) is 1. The van der Waals surface area contributed by atoms with E-state index in [-0.39, 0.29) is 11.9 Å². The average Bonchev–Trinajstić information content (AvgIpc) is 3.15. The van der Waals surface area contributed by atoms with E-state index >= 15 is 0 Å². The largest absolute Gasteiger partial charge is 0.489 e. The molecule has 1 N–H and O–H groups in total. The van der Waals surface area contributed by atoms with Crippen LogP contribution in [0.5, 0.6) is 5.75 Å². The van der Waals surface area contributed by atoms with Gasteiger partial charge >= 0.3 is 0 Å². The van der Waals surface area contributed by atoms with E-state index in [1.54, 1.807) is 16.8 Å². The van der Waals surface area contributed by atoms with Crippen molar-refractivity contribution in [1.82, 2.24) is 14.8 Å². The predicted molar refractivity (Wildman–Crippen MR) is 93.3 cm³/mol. The predicted octanol–water partition coefficient (Wildman–Crippen LogP) is 2.66. The van der Waals surface area contributed by atoms with E-state index in [9.17, 15) is 4.79 Å². The van der Waals surface area contributed by atoms with Crippen LogP contribution in [0.2, 0.25) is 0 Å². The molecule has 0 fully saturated rings. The number of hydrogen-bond donors (Lipinski definition) is 1. The van der Waals surface area contributed by atoms with Crippen molar-refractivity contribution in [3.8, 4) is 11.8 Å². The van der Waals surface area contributed by atoms with Gasteiger partial charge in [0.2, 0.25) is 11.9 Å². The molecule has 2 aromatic carbocycles. The molecule has 1 aliphatic rings. The Labute approximate surface area is 149 Å². The third-order valence-electron chi connectivity index (χ3n) is 4.25. The quantitative estimate of drug-likeness (QED) is 0.785. The third-order valence-corrected chi connectivity index (χ3v) is 4.25. The third kappa shape index (κ3) is 3.13. The number of carbonyl (C=O) groups is 1. The van der Waals surface area contributed by atoms with Crippen molar-refractivity contribution < 1.29 is 9.53 Å². The monoisotopic (exact) mass is 345 g/mol. The fourth-order valence-corrected chi connectivity index (χ4v) is 2.89. The summed E-state index contributed by atoms with van der Waals surface area (Å²) < 4.78 is 7.50. The summed E-state index contributed by atoms with van der Waals surface area (Å²) in [5, 5.41) is 15.7. The molecular formula is C19H15N5O2. The van der Waals surface area contributed by atoms with Gasteiger partial charge in [0.05, 0.1) is 24.1 Å². The molecular weight excluding hydrogens is 330 g/mol. The number of rotatable bonds is 4. The van der Waals surface area contributed by atoms with Gasteiger partial charge in [0.15, 0.2) is 0 Å². The van der Waals surface area contributed by atoms with Gasteiger partial charge in [-0.25, -0.2) is 4.68 Å². The van der Waals surface area contributed by atoms with Gasteiger partial charge < -0.3 is 4.74 Å². The summed E-state index contributed by atoms with van der Waals surface area (Å²) in [7, 11) is 0. The van der Waals surface area contributed by atoms with Crippen LogP contribution in [0.15, 0.2) is 54.9 Å². The van der Waals surface area contributed by atoms with Crippen molar-refractivity contribution in [2.75, 3.05) is 5.32 Å². The summed E-state index contributed by atoms with van der Waals surface area (Å²) in [6.07, 6.45) is 1.75. The van der Waals surface area contributed by atoms with E-state index in [0.717, 1.165) is 16.9 Å². The van der Waals surface area contributed by atoms with Gasteiger partial charge in [-0.3, -0.25) is 10.1 Å². The highest BCUT2D eigenvalue weighted by Gasteiger charge is 2.27. The van der Waals surface area contributed by atoms with Crippen molar-refractivity contribution in [3.63, 3.8) is 0 Å². The summed E-state index contributed by atoms with van der Waals surface area (Å²) in [5.41, 5.74) is 2.59. The summed E-state index contributed by atoms with van der Waals surface area (Å²) >= 11 is 0. The van der Waals surface area contributed by atoms with Crippen LogP contribution in [0.25, 0.3) is 0 Å². The van der Waals surface area contributed by atoms with Gasteiger partial charge in [0, 0.05) is 0 Å². The molecule has 1 atom stereocenters. The number of nitriles is 1. The molecule has 1 amide bonds. The number of amides is 1. The molecule has 26 heavy (non-hydrogen) atoms. The molecule has 0 saturated heterocycles. The zero-order chi connectivity index (χ0) is 17.9. The van der Waals surface area contributed by atoms with Crippen LogP contribution in [-0.2, 0) is 11.4 Å². The van der Waals surface area contributed by atoms with Crippen LogP contribution in [0.3, 0.4) is 0 Å². The Balaban J connectivity index is 1.46. The first-order valence-corrected chi connectivity index (χ1v) is 8.14. The summed E-state index contributed by atoms with van der Waals surface area (Å²) in [6.45, 7) is 0.421. The van der Waals surface area contributed by atoms with Gasteiger partial charge in [-0.05, 0) is 35.4 Å². The molecule has 128 valence electrons. The van der Waals surface area contributed by atoms with E-state index in [4.69, 9.17) is 10.00 Å². The Kier molecular flexibility index (Phi) is 4.07. The number of nitrogens with one attached hydrogen (secondary N) is 1. The SMILES string of the molecule is N#Cc1ccc(COc2ccc([C@@H]3CC(=O)Nc4ncnn43)cc2)cc1. The van der Waals surface area contributed by atoms with E-state index in [1.807, 2.05) is 36.4 Å². The van der Waals surface area contributed by atoms with E-state index in [0.29, 0.717) is 24.5 Å². The first kappa shape index (κ1) is 15.8. The van der Waals surface area contributed by atoms with E-state index in [1.165, 1.54) is 6.33 Å². The molecule has 0 bridgehead atoms. The molecule has 0 aliphatic carbocycles. The van der Waals surface area contributed by atoms with Crippen LogP contribution < -0.4 is 10.1 Å². The van der Waals surface area contributed by atoms with Crippen LogP contribution in [0.1, 0.15) is 29.2 Å². The lowest BCUT2D eigenvalue weighted by molar-refractivity contribution is -0.117. The topological polar surface area (TPSA) is 92.8 Å². The maximum absolute atomic E-state index is 11.8. The molecule has 7 nitrogen and oxygen atoms in total. The zero-order valence-electron chi connectivity index (χ0n) is 13.8. The van der Waals surface area contributed by atoms with Crippen molar-refractivity contribution in [1.29, 1.82) is 5.26 Å². The number of carbonyl (C=O) groups excluding carboxylic acids is 1. The fraction of sp³-hybridized carbons (Fsp3) is 0.158. The molecule has 0 spiro atoms. The molecule has 0 radical (unpaired) electrons. The Hall–Kier alpha value is -3.66. The first-order chi connectivity index (χ1) is 12.7. The number of anilines is 1. The minimum absolute atomic E-state index is 0.0726. The Morgan fingerprint density at radius 3 is 2.69 bits per heavy atom. The normalized spacial score (nSPS) is 15.7. The van der Waals surface area contributed by atoms with Crippen molar-refractivity contribution in [2.45, 2.75) is 19.1 Å². The van der Waals surface area contributed by atoms with Crippen molar-refractivity contribution in [2.24, 2.45) is 0 Å². The molecule has 1 aromatic heterocycles. The second kappa shape index (κ2) is 6.69. The number of nitrogens with zero attached hydrogens (tertiary/aromatic N) is 4. The Bertz CT molecular complexity index is 970. The number of hydrogen-bond acceptors (Lipinski definition) is 5. The average molecular weight is 345 g/mol. The highest BCUT2D eigenvalue weighted by molar-refractivity contribution is 5.91. The van der Waals surface area contributed by atoms with Crippen molar-refractivity contribution >= 4 is 11.9 Å². The summed E-state index contributed by atoms with van der Waals surface area (Å²) in [5.74, 6) is 1.13. The lowest BCUT2D eigenvalue weighted by atomic mass is 10.0. The lowest BCUT2D eigenvalue weighted by Crippen LogP contribution is -2.29. The van der Waals surface area contributed by atoms with Crippen LogP contribution in [-0.4, -0.2) is 20.7 Å². The number of benzene rings is 2. The lowest BCUT2D eigenvalue weighted by Gasteiger charge is -2.23. The fourth-order valence-electron chi connectivity index (χ4n) is 2.89. The number of fused-ring (bicyclic) bond motifs is 1. The van der Waals surface area contributed by atoms with E-state index in [2.05, 4.69) is 21.5 Å². The van der Waals surface area contributed by atoms with Gasteiger partial charge in [-0.2, -0.15) is 15.3 Å². The minimum Gasteiger partial charge on any atom is -0.489 e. The highest BCUT2D eigenvalue weighted by atomic mass is 16.5. The molecule has 0 unspecified atom stereocenters. The second-order valence-corrected chi connectivity index (χ2v) is 5.96. The first-order valence-electron chi connectivity index (χ1n) is 8.14. The molecule has 7 heteroatoms. The summed E-state index contributed by atoms with van der Waals surface area (Å²) in [4.78, 5) is 15.9.